The van der Waals surface area contributed by atoms with Gasteiger partial charge in [0.25, 0.3) is 0 Å². The molecule has 132 valence electrons. The minimum atomic E-state index is -0.900. The fourth-order valence-electron chi connectivity index (χ4n) is 2.34. The highest BCUT2D eigenvalue weighted by Crippen LogP contribution is 2.04. The van der Waals surface area contributed by atoms with Crippen LogP contribution in [0.4, 0.5) is 4.79 Å². The first-order valence-electron chi connectivity index (χ1n) is 8.06. The Morgan fingerprint density at radius 2 is 1.56 bits per heavy atom. The lowest BCUT2D eigenvalue weighted by Crippen LogP contribution is -2.37. The first kappa shape index (κ1) is 18.5. The van der Waals surface area contributed by atoms with Crippen molar-refractivity contribution in [1.82, 2.24) is 10.2 Å². The standard InChI is InChI=1S/C19H22N2O4/c22-18(23)14-21(13-16-7-3-1-4-8-16)12-11-20-19(24)25-15-17-9-5-2-6-10-17/h1-10H,11-15H2,(H,20,24)(H,22,23). The zero-order valence-corrected chi connectivity index (χ0v) is 13.9. The molecule has 0 aliphatic rings. The number of benzene rings is 2. The molecule has 1 amide bonds. The quantitative estimate of drug-likeness (QED) is 0.732. The minimum Gasteiger partial charge on any atom is -0.480 e. The van der Waals surface area contributed by atoms with E-state index in [1.54, 1.807) is 4.90 Å². The van der Waals surface area contributed by atoms with Crippen molar-refractivity contribution in [3.05, 3.63) is 71.8 Å². The molecule has 0 saturated heterocycles. The Morgan fingerprint density at radius 1 is 0.960 bits per heavy atom. The predicted molar refractivity (Wildman–Crippen MR) is 94.0 cm³/mol. The van der Waals surface area contributed by atoms with Crippen LogP contribution in [-0.2, 0) is 22.7 Å². The molecule has 0 spiro atoms. The second-order valence-corrected chi connectivity index (χ2v) is 5.58. The zero-order valence-electron chi connectivity index (χ0n) is 13.9. The van der Waals surface area contributed by atoms with E-state index in [0.29, 0.717) is 19.6 Å². The van der Waals surface area contributed by atoms with Crippen molar-refractivity contribution in [3.63, 3.8) is 0 Å². The summed E-state index contributed by atoms with van der Waals surface area (Å²) in [7, 11) is 0. The lowest BCUT2D eigenvalue weighted by atomic mass is 10.2. The van der Waals surface area contributed by atoms with Gasteiger partial charge >= 0.3 is 12.1 Å². The van der Waals surface area contributed by atoms with Crippen LogP contribution in [0, 0.1) is 0 Å². The van der Waals surface area contributed by atoms with Crippen molar-refractivity contribution in [3.8, 4) is 0 Å². The summed E-state index contributed by atoms with van der Waals surface area (Å²) in [6, 6.07) is 19.0. The number of aliphatic carboxylic acids is 1. The molecule has 6 nitrogen and oxygen atoms in total. The van der Waals surface area contributed by atoms with Crippen molar-refractivity contribution >= 4 is 12.1 Å². The number of hydrogen-bond donors (Lipinski definition) is 2. The van der Waals surface area contributed by atoms with E-state index in [1.807, 2.05) is 60.7 Å². The Hall–Kier alpha value is -2.86. The van der Waals surface area contributed by atoms with E-state index in [9.17, 15) is 9.59 Å². The van der Waals surface area contributed by atoms with Gasteiger partial charge in [-0.05, 0) is 11.1 Å². The highest BCUT2D eigenvalue weighted by atomic mass is 16.5. The number of alkyl carbamates (subject to hydrolysis) is 1. The van der Waals surface area contributed by atoms with Crippen molar-refractivity contribution in [1.29, 1.82) is 0 Å². The third-order valence-corrected chi connectivity index (χ3v) is 3.52. The average Bonchev–Trinajstić information content (AvgIpc) is 2.61. The van der Waals surface area contributed by atoms with Gasteiger partial charge < -0.3 is 15.2 Å². The molecule has 0 fully saturated rings. The third kappa shape index (κ3) is 7.50. The van der Waals surface area contributed by atoms with Crippen molar-refractivity contribution in [2.75, 3.05) is 19.6 Å². The second kappa shape index (κ2) is 10.1. The van der Waals surface area contributed by atoms with Gasteiger partial charge in [0.2, 0.25) is 0 Å². The molecule has 6 heteroatoms. The lowest BCUT2D eigenvalue weighted by Gasteiger charge is -2.20. The van der Waals surface area contributed by atoms with Crippen molar-refractivity contribution < 1.29 is 19.4 Å². The van der Waals surface area contributed by atoms with Gasteiger partial charge in [-0.15, -0.1) is 0 Å². The van der Waals surface area contributed by atoms with Gasteiger partial charge in [-0.3, -0.25) is 9.69 Å². The van der Waals surface area contributed by atoms with E-state index in [0.717, 1.165) is 11.1 Å². The highest BCUT2D eigenvalue weighted by Gasteiger charge is 2.11. The zero-order chi connectivity index (χ0) is 17.9. The van der Waals surface area contributed by atoms with Gasteiger partial charge in [0.1, 0.15) is 6.61 Å². The van der Waals surface area contributed by atoms with Gasteiger partial charge in [0.15, 0.2) is 0 Å². The number of hydrogen-bond acceptors (Lipinski definition) is 4. The van der Waals surface area contributed by atoms with Gasteiger partial charge in [0, 0.05) is 19.6 Å². The van der Waals surface area contributed by atoms with E-state index in [4.69, 9.17) is 9.84 Å². The second-order valence-electron chi connectivity index (χ2n) is 5.58. The lowest BCUT2D eigenvalue weighted by molar-refractivity contribution is -0.138. The van der Waals surface area contributed by atoms with E-state index in [1.165, 1.54) is 0 Å². The first-order valence-corrected chi connectivity index (χ1v) is 8.06. The molecule has 0 atom stereocenters. The Kier molecular flexibility index (Phi) is 7.46. The monoisotopic (exact) mass is 342 g/mol. The SMILES string of the molecule is O=C(O)CN(CCNC(=O)OCc1ccccc1)Cc1ccccc1. The van der Waals surface area contributed by atoms with Crippen LogP contribution in [0.3, 0.4) is 0 Å². The number of carbonyl (C=O) groups is 2. The summed E-state index contributed by atoms with van der Waals surface area (Å²) in [5.74, 6) is -0.900. The maximum Gasteiger partial charge on any atom is 0.407 e. The first-order chi connectivity index (χ1) is 12.1. The summed E-state index contributed by atoms with van der Waals surface area (Å²) in [4.78, 5) is 24.5. The molecular weight excluding hydrogens is 320 g/mol. The largest absolute Gasteiger partial charge is 0.480 e. The number of ether oxygens (including phenoxy) is 1. The molecule has 0 aromatic heterocycles. The number of amides is 1. The summed E-state index contributed by atoms with van der Waals surface area (Å²) < 4.78 is 5.12. The van der Waals surface area contributed by atoms with Crippen LogP contribution in [0.5, 0.6) is 0 Å². The summed E-state index contributed by atoms with van der Waals surface area (Å²) >= 11 is 0. The van der Waals surface area contributed by atoms with Gasteiger partial charge in [-0.2, -0.15) is 0 Å². The van der Waals surface area contributed by atoms with Crippen LogP contribution >= 0.6 is 0 Å². The number of carbonyl (C=O) groups excluding carboxylic acids is 1. The molecule has 25 heavy (non-hydrogen) atoms. The Balaban J connectivity index is 1.73. The van der Waals surface area contributed by atoms with Gasteiger partial charge in [0.05, 0.1) is 6.54 Å². The van der Waals surface area contributed by atoms with Crippen molar-refractivity contribution in [2.45, 2.75) is 13.2 Å². The summed E-state index contributed by atoms with van der Waals surface area (Å²) in [5, 5.41) is 11.7. The molecule has 2 aromatic carbocycles. The molecule has 0 radical (unpaired) electrons. The number of nitrogens with zero attached hydrogens (tertiary/aromatic N) is 1. The van der Waals surface area contributed by atoms with Gasteiger partial charge in [-0.1, -0.05) is 60.7 Å². The fraction of sp³-hybridized carbons (Fsp3) is 0.263. The maximum atomic E-state index is 11.7. The molecule has 2 aromatic rings. The Morgan fingerprint density at radius 3 is 2.16 bits per heavy atom. The smallest absolute Gasteiger partial charge is 0.407 e. The van der Waals surface area contributed by atoms with Crippen LogP contribution < -0.4 is 5.32 Å². The van der Waals surface area contributed by atoms with E-state index >= 15 is 0 Å². The Labute approximate surface area is 147 Å². The van der Waals surface area contributed by atoms with Crippen molar-refractivity contribution in [2.24, 2.45) is 0 Å². The highest BCUT2D eigenvalue weighted by molar-refractivity contribution is 5.69. The summed E-state index contributed by atoms with van der Waals surface area (Å²) in [6.07, 6.45) is -0.515. The van der Waals surface area contributed by atoms with Crippen LogP contribution in [0.1, 0.15) is 11.1 Å². The molecule has 2 N–H and O–H groups in total. The molecule has 2 rings (SSSR count). The van der Waals surface area contributed by atoms with Crippen LogP contribution in [0.2, 0.25) is 0 Å². The summed E-state index contributed by atoms with van der Waals surface area (Å²) in [5.41, 5.74) is 1.93. The summed E-state index contributed by atoms with van der Waals surface area (Å²) in [6.45, 7) is 1.36. The average molecular weight is 342 g/mol. The maximum absolute atomic E-state index is 11.7. The van der Waals surface area contributed by atoms with E-state index in [-0.39, 0.29) is 13.2 Å². The molecule has 0 unspecified atom stereocenters. The molecule has 0 bridgehead atoms. The number of rotatable bonds is 9. The molecule has 0 aliphatic heterocycles. The van der Waals surface area contributed by atoms with Crippen LogP contribution in [0.25, 0.3) is 0 Å². The molecular formula is C19H22N2O4. The van der Waals surface area contributed by atoms with Crippen LogP contribution in [0.15, 0.2) is 60.7 Å². The Bertz CT molecular complexity index is 662. The normalized spacial score (nSPS) is 10.4. The predicted octanol–water partition coefficient (Wildman–Crippen LogP) is 2.50. The third-order valence-electron chi connectivity index (χ3n) is 3.52. The molecule has 0 heterocycles. The molecule has 0 aliphatic carbocycles. The fourth-order valence-corrected chi connectivity index (χ4v) is 2.34. The minimum absolute atomic E-state index is 0.0877. The van der Waals surface area contributed by atoms with Crippen LogP contribution in [-0.4, -0.2) is 41.7 Å². The topological polar surface area (TPSA) is 78.9 Å². The van der Waals surface area contributed by atoms with E-state index < -0.39 is 12.1 Å². The number of carboxylic acid groups (broad SMARTS) is 1. The molecule has 0 saturated carbocycles. The number of nitrogens with one attached hydrogen (secondary N) is 1. The number of carboxylic acids is 1. The van der Waals surface area contributed by atoms with Gasteiger partial charge in [-0.25, -0.2) is 4.79 Å². The van der Waals surface area contributed by atoms with E-state index in [2.05, 4.69) is 5.32 Å².